The molecule has 0 atom stereocenters. The minimum atomic E-state index is -4.38. The number of benzene rings is 1. The molecule has 0 spiro atoms. The molecule has 1 aromatic heterocycles. The third kappa shape index (κ3) is 3.92. The van der Waals surface area contributed by atoms with Crippen LogP contribution in [-0.2, 0) is 6.18 Å². The average molecular weight is 349 g/mol. The quantitative estimate of drug-likeness (QED) is 0.793. The van der Waals surface area contributed by atoms with E-state index < -0.39 is 11.7 Å². The highest BCUT2D eigenvalue weighted by Crippen LogP contribution is 2.29. The Morgan fingerprint density at radius 3 is 2.36 bits per heavy atom. The molecule has 2 heterocycles. The zero-order valence-electron chi connectivity index (χ0n) is 13.5. The maximum Gasteiger partial charge on any atom is 0.417 e. The number of hydrogen-bond acceptors (Lipinski definition) is 4. The standard InChI is InChI=1S/C18H18F3N3O/c19-18(20,21)15-6-7-17(22-12-15)24-9-3-8-23(10-11-24)16-5-2-1-4-14(16)13-25/h1-2,4-7,12-13H,3,8-11H2. The van der Waals surface area contributed by atoms with Crippen molar-refractivity contribution in [2.45, 2.75) is 12.6 Å². The summed E-state index contributed by atoms with van der Waals surface area (Å²) < 4.78 is 37.9. The molecule has 1 aliphatic heterocycles. The molecule has 0 unspecified atom stereocenters. The van der Waals surface area contributed by atoms with E-state index in [0.29, 0.717) is 31.0 Å². The zero-order valence-corrected chi connectivity index (χ0v) is 13.5. The van der Waals surface area contributed by atoms with E-state index in [0.717, 1.165) is 37.2 Å². The van der Waals surface area contributed by atoms with Gasteiger partial charge < -0.3 is 9.80 Å². The smallest absolute Gasteiger partial charge is 0.369 e. The van der Waals surface area contributed by atoms with E-state index in [2.05, 4.69) is 9.88 Å². The van der Waals surface area contributed by atoms with Crippen LogP contribution in [0.4, 0.5) is 24.7 Å². The van der Waals surface area contributed by atoms with E-state index >= 15 is 0 Å². The molecule has 0 N–H and O–H groups in total. The molecule has 0 saturated carbocycles. The topological polar surface area (TPSA) is 36.4 Å². The van der Waals surface area contributed by atoms with Gasteiger partial charge in [0.05, 0.1) is 5.56 Å². The molecule has 25 heavy (non-hydrogen) atoms. The van der Waals surface area contributed by atoms with E-state index in [4.69, 9.17) is 0 Å². The van der Waals surface area contributed by atoms with Crippen LogP contribution < -0.4 is 9.80 Å². The molecule has 1 fully saturated rings. The molecule has 132 valence electrons. The molecule has 1 saturated heterocycles. The van der Waals surface area contributed by atoms with Gasteiger partial charge in [-0.2, -0.15) is 13.2 Å². The Morgan fingerprint density at radius 2 is 1.68 bits per heavy atom. The lowest BCUT2D eigenvalue weighted by Gasteiger charge is -2.25. The maximum atomic E-state index is 12.6. The molecule has 7 heteroatoms. The van der Waals surface area contributed by atoms with Crippen molar-refractivity contribution in [3.8, 4) is 0 Å². The summed E-state index contributed by atoms with van der Waals surface area (Å²) in [7, 11) is 0. The first kappa shape index (κ1) is 17.3. The van der Waals surface area contributed by atoms with Crippen molar-refractivity contribution in [3.05, 3.63) is 53.7 Å². The third-order valence-electron chi connectivity index (χ3n) is 4.30. The normalized spacial score (nSPS) is 15.8. The number of anilines is 2. The second kappa shape index (κ2) is 7.13. The number of carbonyl (C=O) groups excluding carboxylic acids is 1. The van der Waals surface area contributed by atoms with Gasteiger partial charge in [0.15, 0.2) is 6.29 Å². The van der Waals surface area contributed by atoms with Crippen LogP contribution in [0.15, 0.2) is 42.6 Å². The molecule has 1 aliphatic rings. The van der Waals surface area contributed by atoms with E-state index in [1.54, 1.807) is 6.07 Å². The van der Waals surface area contributed by atoms with Crippen molar-refractivity contribution in [1.82, 2.24) is 4.98 Å². The van der Waals surface area contributed by atoms with Crippen LogP contribution in [-0.4, -0.2) is 37.4 Å². The second-order valence-electron chi connectivity index (χ2n) is 5.91. The minimum absolute atomic E-state index is 0.540. The Hall–Kier alpha value is -2.57. The average Bonchev–Trinajstić information content (AvgIpc) is 2.87. The van der Waals surface area contributed by atoms with Gasteiger partial charge in [0, 0.05) is 43.6 Å². The lowest BCUT2D eigenvalue weighted by Crippen LogP contribution is -2.31. The number of aldehydes is 1. The van der Waals surface area contributed by atoms with Crippen LogP contribution in [0.1, 0.15) is 22.3 Å². The van der Waals surface area contributed by atoms with Gasteiger partial charge in [-0.25, -0.2) is 4.98 Å². The van der Waals surface area contributed by atoms with Crippen LogP contribution in [0.2, 0.25) is 0 Å². The summed E-state index contributed by atoms with van der Waals surface area (Å²) in [5, 5.41) is 0. The molecule has 0 aliphatic carbocycles. The summed E-state index contributed by atoms with van der Waals surface area (Å²) in [4.78, 5) is 19.3. The fraction of sp³-hybridized carbons (Fsp3) is 0.333. The van der Waals surface area contributed by atoms with Crippen molar-refractivity contribution in [3.63, 3.8) is 0 Å². The summed E-state index contributed by atoms with van der Waals surface area (Å²) in [5.41, 5.74) is 0.788. The number of hydrogen-bond donors (Lipinski definition) is 0. The Balaban J connectivity index is 1.72. The number of nitrogens with zero attached hydrogens (tertiary/aromatic N) is 3. The summed E-state index contributed by atoms with van der Waals surface area (Å²) >= 11 is 0. The lowest BCUT2D eigenvalue weighted by molar-refractivity contribution is -0.137. The zero-order chi connectivity index (χ0) is 17.9. The van der Waals surface area contributed by atoms with E-state index in [9.17, 15) is 18.0 Å². The predicted octanol–water partition coefficient (Wildman–Crippen LogP) is 3.63. The Labute approximate surface area is 143 Å². The number of halogens is 3. The van der Waals surface area contributed by atoms with Crippen molar-refractivity contribution in [2.24, 2.45) is 0 Å². The van der Waals surface area contributed by atoms with Crippen molar-refractivity contribution < 1.29 is 18.0 Å². The van der Waals surface area contributed by atoms with Gasteiger partial charge in [0.25, 0.3) is 0 Å². The second-order valence-corrected chi connectivity index (χ2v) is 5.91. The minimum Gasteiger partial charge on any atom is -0.369 e. The van der Waals surface area contributed by atoms with Crippen molar-refractivity contribution >= 4 is 17.8 Å². The first-order valence-electron chi connectivity index (χ1n) is 8.06. The van der Waals surface area contributed by atoms with Crippen LogP contribution in [0.25, 0.3) is 0 Å². The summed E-state index contributed by atoms with van der Waals surface area (Å²) in [6.45, 7) is 2.79. The van der Waals surface area contributed by atoms with E-state index in [1.807, 2.05) is 23.1 Å². The van der Waals surface area contributed by atoms with Gasteiger partial charge >= 0.3 is 6.18 Å². The third-order valence-corrected chi connectivity index (χ3v) is 4.30. The molecule has 0 radical (unpaired) electrons. The molecule has 0 bridgehead atoms. The fourth-order valence-electron chi connectivity index (χ4n) is 3.00. The number of pyridine rings is 1. The van der Waals surface area contributed by atoms with Gasteiger partial charge in [-0.1, -0.05) is 12.1 Å². The van der Waals surface area contributed by atoms with Gasteiger partial charge in [-0.15, -0.1) is 0 Å². The molecular weight excluding hydrogens is 331 g/mol. The molecule has 0 amide bonds. The predicted molar refractivity (Wildman–Crippen MR) is 90.1 cm³/mol. The number of para-hydroxylation sites is 1. The monoisotopic (exact) mass is 349 g/mol. The Kier molecular flexibility index (Phi) is 4.92. The maximum absolute atomic E-state index is 12.6. The summed E-state index contributed by atoms with van der Waals surface area (Å²) in [6.07, 6.45) is -1.83. The Morgan fingerprint density at radius 1 is 0.960 bits per heavy atom. The first-order valence-corrected chi connectivity index (χ1v) is 8.06. The van der Waals surface area contributed by atoms with Crippen LogP contribution in [0, 0.1) is 0 Å². The SMILES string of the molecule is O=Cc1ccccc1N1CCCN(c2ccc(C(F)(F)F)cn2)CC1. The van der Waals surface area contributed by atoms with Crippen LogP contribution >= 0.6 is 0 Å². The Bertz CT molecular complexity index is 731. The molecular formula is C18H18F3N3O. The van der Waals surface area contributed by atoms with E-state index in [-0.39, 0.29) is 0 Å². The van der Waals surface area contributed by atoms with E-state index in [1.165, 1.54) is 6.07 Å². The van der Waals surface area contributed by atoms with Crippen molar-refractivity contribution in [2.75, 3.05) is 36.0 Å². The number of carbonyl (C=O) groups is 1. The van der Waals surface area contributed by atoms with Crippen molar-refractivity contribution in [1.29, 1.82) is 0 Å². The van der Waals surface area contributed by atoms with Crippen LogP contribution in [0.3, 0.4) is 0 Å². The number of aromatic nitrogens is 1. The largest absolute Gasteiger partial charge is 0.417 e. The first-order chi connectivity index (χ1) is 12.0. The molecule has 3 rings (SSSR count). The van der Waals surface area contributed by atoms with Gasteiger partial charge in [-0.3, -0.25) is 4.79 Å². The molecule has 2 aromatic rings. The van der Waals surface area contributed by atoms with Gasteiger partial charge in [-0.05, 0) is 30.7 Å². The summed E-state index contributed by atoms with van der Waals surface area (Å²) in [5.74, 6) is 0.540. The van der Waals surface area contributed by atoms with Gasteiger partial charge in [0.2, 0.25) is 0 Å². The van der Waals surface area contributed by atoms with Crippen LogP contribution in [0.5, 0.6) is 0 Å². The molecule has 4 nitrogen and oxygen atoms in total. The highest BCUT2D eigenvalue weighted by atomic mass is 19.4. The lowest BCUT2D eigenvalue weighted by atomic mass is 10.1. The number of rotatable bonds is 3. The number of alkyl halides is 3. The fourth-order valence-corrected chi connectivity index (χ4v) is 3.00. The van der Waals surface area contributed by atoms with Gasteiger partial charge in [0.1, 0.15) is 5.82 Å². The molecule has 1 aromatic carbocycles. The highest BCUT2D eigenvalue weighted by molar-refractivity contribution is 5.84. The highest BCUT2D eigenvalue weighted by Gasteiger charge is 2.31. The summed E-state index contributed by atoms with van der Waals surface area (Å²) in [6, 6.07) is 9.88.